The van der Waals surface area contributed by atoms with E-state index in [1.807, 2.05) is 0 Å². The van der Waals surface area contributed by atoms with E-state index in [1.54, 1.807) is 0 Å². The molecule has 218 valence electrons. The number of phenolic OH excluding ortho intramolecular Hbond substituents is 1. The van der Waals surface area contributed by atoms with Gasteiger partial charge >= 0.3 is 88.7 Å². The minimum atomic E-state index is -5.28. The second kappa shape index (κ2) is 16.4. The number of amides is 1. The molecule has 16 nitrogen and oxygen atoms in total. The Morgan fingerprint density at radius 1 is 0.644 bits per heavy atom. The van der Waals surface area contributed by atoms with E-state index in [0.717, 1.165) is 48.5 Å². The van der Waals surface area contributed by atoms with E-state index in [0.29, 0.717) is 6.41 Å². The summed E-state index contributed by atoms with van der Waals surface area (Å²) in [6, 6.07) is 11.9. The number of nitrogens with one attached hydrogen (secondary N) is 1. The van der Waals surface area contributed by atoms with Crippen LogP contribution in [0.1, 0.15) is 0 Å². The SMILES string of the molecule is O=CNc1ccc2c(O)c(N=Nc3ccc(N=Nc4ccc(S(=O)(=O)[O-])cc4)cc3S(=O)(=O)[O-])c(S(=O)(=O)[O-])cc2c1.[Na+].[Na+].[Na+]. The third-order valence-electron chi connectivity index (χ3n) is 5.42. The molecule has 22 heteroatoms. The number of nitrogens with zero attached hydrogens (tertiary/aromatic N) is 4. The number of anilines is 1. The molecule has 0 aliphatic rings. The van der Waals surface area contributed by atoms with Gasteiger partial charge in [0, 0.05) is 11.1 Å². The molecule has 45 heavy (non-hydrogen) atoms. The molecule has 0 spiro atoms. The van der Waals surface area contributed by atoms with Crippen LogP contribution in [0.2, 0.25) is 0 Å². The fourth-order valence-corrected chi connectivity index (χ4v) is 5.29. The van der Waals surface area contributed by atoms with Gasteiger partial charge in [0.25, 0.3) is 0 Å². The standard InChI is InChI=1S/C23H17N5O11S3.3Na/c29-12-24-15-3-7-18-13(9-15)10-21(42(37,38)39)22(23(18)30)28-27-19-8-4-16(11-20(19)41(34,35)36)26-25-14-1-5-17(6-2-14)40(31,32)33;;;/h1-12,30H,(H,24,29)(H,31,32,33)(H,34,35,36)(H,37,38,39);;;/q;3*+1/p-3. The first kappa shape index (κ1) is 41.4. The van der Waals surface area contributed by atoms with Gasteiger partial charge in [-0.05, 0) is 72.1 Å². The molecule has 0 unspecified atom stereocenters. The summed E-state index contributed by atoms with van der Waals surface area (Å²) >= 11 is 0. The van der Waals surface area contributed by atoms with Crippen molar-refractivity contribution in [3.8, 4) is 5.75 Å². The van der Waals surface area contributed by atoms with E-state index in [4.69, 9.17) is 0 Å². The van der Waals surface area contributed by atoms with Crippen molar-refractivity contribution in [2.24, 2.45) is 20.5 Å². The number of azo groups is 2. The van der Waals surface area contributed by atoms with Crippen molar-refractivity contribution in [2.75, 3.05) is 5.32 Å². The molecule has 0 atom stereocenters. The van der Waals surface area contributed by atoms with Gasteiger partial charge < -0.3 is 24.1 Å². The Hall–Kier alpha value is -1.66. The fraction of sp³-hybridized carbons (Fsp3) is 0. The maximum Gasteiger partial charge on any atom is 1.00 e. The van der Waals surface area contributed by atoms with Crippen LogP contribution in [0.5, 0.6) is 5.75 Å². The molecule has 4 rings (SSSR count). The topological polar surface area (TPSA) is 270 Å². The van der Waals surface area contributed by atoms with Crippen LogP contribution in [0.3, 0.4) is 0 Å². The van der Waals surface area contributed by atoms with Gasteiger partial charge in [-0.25, -0.2) is 25.3 Å². The molecule has 0 saturated carbocycles. The molecule has 0 saturated heterocycles. The second-order valence-electron chi connectivity index (χ2n) is 8.18. The number of aromatic hydroxyl groups is 1. The summed E-state index contributed by atoms with van der Waals surface area (Å²) in [4.78, 5) is 8.20. The Labute approximate surface area is 322 Å². The zero-order valence-electron chi connectivity index (χ0n) is 23.5. The van der Waals surface area contributed by atoms with E-state index < -0.39 is 62.2 Å². The third kappa shape index (κ3) is 10.4. The predicted molar refractivity (Wildman–Crippen MR) is 140 cm³/mol. The normalized spacial score (nSPS) is 11.9. The van der Waals surface area contributed by atoms with Crippen LogP contribution >= 0.6 is 0 Å². The number of phenols is 1. The summed E-state index contributed by atoms with van der Waals surface area (Å²) < 4.78 is 105. The Bertz CT molecular complexity index is 2130. The molecule has 4 aromatic carbocycles. The Morgan fingerprint density at radius 3 is 1.78 bits per heavy atom. The largest absolute Gasteiger partial charge is 1.00 e. The van der Waals surface area contributed by atoms with Crippen LogP contribution in [-0.2, 0) is 35.1 Å². The maximum absolute atomic E-state index is 11.9. The average Bonchev–Trinajstić information content (AvgIpc) is 2.90. The maximum atomic E-state index is 11.9. The van der Waals surface area contributed by atoms with Gasteiger partial charge in [0.1, 0.15) is 41.7 Å². The second-order valence-corrected chi connectivity index (χ2v) is 12.3. The Morgan fingerprint density at radius 2 is 1.22 bits per heavy atom. The molecule has 0 heterocycles. The number of benzene rings is 4. The molecule has 0 bridgehead atoms. The summed E-state index contributed by atoms with van der Waals surface area (Å²) in [5.74, 6) is -0.809. The van der Waals surface area contributed by atoms with Crippen molar-refractivity contribution in [3.05, 3.63) is 66.7 Å². The average molecular weight is 702 g/mol. The van der Waals surface area contributed by atoms with E-state index >= 15 is 0 Å². The van der Waals surface area contributed by atoms with Crippen molar-refractivity contribution in [1.29, 1.82) is 0 Å². The van der Waals surface area contributed by atoms with Crippen LogP contribution < -0.4 is 94.0 Å². The number of hydrogen-bond donors (Lipinski definition) is 2. The van der Waals surface area contributed by atoms with Crippen molar-refractivity contribution in [2.45, 2.75) is 14.7 Å². The molecule has 0 radical (unpaired) electrons. The summed E-state index contributed by atoms with van der Waals surface area (Å²) in [5, 5.41) is 27.7. The van der Waals surface area contributed by atoms with Gasteiger partial charge in [0.2, 0.25) is 6.41 Å². The summed E-state index contributed by atoms with van der Waals surface area (Å²) in [6.07, 6.45) is 0.352. The molecule has 0 aliphatic carbocycles. The van der Waals surface area contributed by atoms with E-state index in [-0.39, 0.29) is 117 Å². The molecule has 1 amide bonds. The summed E-state index contributed by atoms with van der Waals surface area (Å²) in [6.45, 7) is 0. The minimum Gasteiger partial charge on any atom is -0.744 e. The van der Waals surface area contributed by atoms with E-state index in [9.17, 15) is 48.8 Å². The predicted octanol–water partition coefficient (Wildman–Crippen LogP) is -5.33. The zero-order valence-corrected chi connectivity index (χ0v) is 31.9. The molecular weight excluding hydrogens is 687 g/mol. The molecule has 4 aromatic rings. The quantitative estimate of drug-likeness (QED) is 0.0720. The Kier molecular flexibility index (Phi) is 15.1. The van der Waals surface area contributed by atoms with Crippen LogP contribution in [0.4, 0.5) is 28.4 Å². The van der Waals surface area contributed by atoms with Gasteiger partial charge in [-0.15, -0.1) is 10.2 Å². The Balaban J connectivity index is 0.00000337. The number of hydrogen-bond acceptors (Lipinski definition) is 15. The van der Waals surface area contributed by atoms with Crippen molar-refractivity contribution in [1.82, 2.24) is 0 Å². The number of rotatable bonds is 9. The third-order valence-corrected chi connectivity index (χ3v) is 7.99. The smallest absolute Gasteiger partial charge is 0.744 e. The number of carbonyl (C=O) groups excluding carboxylic acids is 1. The molecule has 0 aliphatic heterocycles. The van der Waals surface area contributed by atoms with E-state index in [2.05, 4.69) is 25.8 Å². The van der Waals surface area contributed by atoms with Gasteiger partial charge in [-0.3, -0.25) is 4.79 Å². The molecular formula is C23H14N5Na3O11S3. The van der Waals surface area contributed by atoms with Crippen LogP contribution in [0.25, 0.3) is 10.8 Å². The van der Waals surface area contributed by atoms with Gasteiger partial charge in [-0.2, -0.15) is 10.2 Å². The molecule has 2 N–H and O–H groups in total. The minimum absolute atomic E-state index is 0. The first-order valence-electron chi connectivity index (χ1n) is 11.0. The van der Waals surface area contributed by atoms with Crippen LogP contribution in [-0.4, -0.2) is 50.4 Å². The van der Waals surface area contributed by atoms with E-state index in [1.165, 1.54) is 18.2 Å². The van der Waals surface area contributed by atoms with Gasteiger partial charge in [0.05, 0.1) is 26.1 Å². The van der Waals surface area contributed by atoms with Crippen molar-refractivity contribution < 1.29 is 137 Å². The summed E-state index contributed by atoms with van der Waals surface area (Å²) in [5.41, 5.74) is -1.33. The number of carbonyl (C=O) groups is 1. The molecule has 0 fully saturated rings. The van der Waals surface area contributed by atoms with Crippen LogP contribution in [0.15, 0.2) is 102 Å². The van der Waals surface area contributed by atoms with Gasteiger partial charge in [0.15, 0.2) is 5.75 Å². The van der Waals surface area contributed by atoms with Gasteiger partial charge in [-0.1, -0.05) is 0 Å². The van der Waals surface area contributed by atoms with Crippen molar-refractivity contribution >= 4 is 76.0 Å². The monoisotopic (exact) mass is 701 g/mol. The first-order valence-corrected chi connectivity index (χ1v) is 15.3. The van der Waals surface area contributed by atoms with Crippen LogP contribution in [0, 0.1) is 0 Å². The number of fused-ring (bicyclic) bond motifs is 1. The van der Waals surface area contributed by atoms with Crippen molar-refractivity contribution in [3.63, 3.8) is 0 Å². The first-order chi connectivity index (χ1) is 19.6. The summed E-state index contributed by atoms with van der Waals surface area (Å²) in [7, 11) is -15.2. The molecule has 0 aromatic heterocycles. The fourth-order valence-electron chi connectivity index (χ4n) is 3.54. The zero-order chi connectivity index (χ0) is 30.9.